The van der Waals surface area contributed by atoms with Crippen LogP contribution in [0.5, 0.6) is 11.5 Å². The molecule has 0 fully saturated rings. The zero-order chi connectivity index (χ0) is 22.9. The second-order valence-corrected chi connectivity index (χ2v) is 7.23. The molecule has 164 valence electrons. The summed E-state index contributed by atoms with van der Waals surface area (Å²) < 4.78 is 82.9. The van der Waals surface area contributed by atoms with Gasteiger partial charge in [0.05, 0.1) is 0 Å². The monoisotopic (exact) mass is 434 g/mol. The van der Waals surface area contributed by atoms with Crippen LogP contribution in [-0.4, -0.2) is 18.5 Å². The van der Waals surface area contributed by atoms with E-state index in [0.29, 0.717) is 11.1 Å². The van der Waals surface area contributed by atoms with Crippen LogP contribution in [-0.2, 0) is 0 Å². The summed E-state index contributed by atoms with van der Waals surface area (Å²) >= 11 is 0. The van der Waals surface area contributed by atoms with Crippen molar-refractivity contribution in [2.45, 2.75) is 52.3 Å². The minimum atomic E-state index is -4.88. The Morgan fingerprint density at radius 2 is 1.03 bits per heavy atom. The van der Waals surface area contributed by atoms with Gasteiger partial charge in [-0.1, -0.05) is 27.7 Å². The molecule has 0 saturated heterocycles. The number of carbonyl (C=O) groups excluding carboxylic acids is 1. The van der Waals surface area contributed by atoms with Gasteiger partial charge in [0.2, 0.25) is 0 Å². The van der Waals surface area contributed by atoms with E-state index in [9.17, 15) is 31.1 Å². The molecule has 0 aromatic heterocycles. The fourth-order valence-electron chi connectivity index (χ4n) is 2.99. The zero-order valence-electron chi connectivity index (χ0n) is 16.6. The first-order valence-corrected chi connectivity index (χ1v) is 9.02. The van der Waals surface area contributed by atoms with E-state index in [1.54, 1.807) is 27.7 Å². The average Bonchev–Trinajstić information content (AvgIpc) is 2.58. The zero-order valence-corrected chi connectivity index (χ0v) is 16.6. The van der Waals surface area contributed by atoms with E-state index in [1.807, 2.05) is 0 Å². The number of halogens is 6. The van der Waals surface area contributed by atoms with Gasteiger partial charge in [-0.15, -0.1) is 26.3 Å². The van der Waals surface area contributed by atoms with Crippen molar-refractivity contribution in [2.24, 2.45) is 0 Å². The summed E-state index contributed by atoms with van der Waals surface area (Å²) in [7, 11) is 0. The molecule has 9 heteroatoms. The van der Waals surface area contributed by atoms with Gasteiger partial charge in [-0.2, -0.15) is 0 Å². The highest BCUT2D eigenvalue weighted by molar-refractivity contribution is 6.11. The van der Waals surface area contributed by atoms with Gasteiger partial charge in [0.1, 0.15) is 11.5 Å². The number of ether oxygens (including phenoxy) is 2. The summed E-state index contributed by atoms with van der Waals surface area (Å²) in [6.45, 7) is 6.81. The van der Waals surface area contributed by atoms with Crippen LogP contribution >= 0.6 is 0 Å². The lowest BCUT2D eigenvalue weighted by Crippen LogP contribution is -2.18. The smallest absolute Gasteiger partial charge is 0.406 e. The van der Waals surface area contributed by atoms with Crippen LogP contribution < -0.4 is 9.47 Å². The lowest BCUT2D eigenvalue weighted by atomic mass is 9.87. The van der Waals surface area contributed by atoms with Crippen LogP contribution in [0.15, 0.2) is 36.4 Å². The number of hydrogen-bond donors (Lipinski definition) is 0. The second-order valence-electron chi connectivity index (χ2n) is 7.23. The van der Waals surface area contributed by atoms with Gasteiger partial charge in [0, 0.05) is 11.1 Å². The van der Waals surface area contributed by atoms with Crippen LogP contribution in [0.1, 0.15) is 66.6 Å². The van der Waals surface area contributed by atoms with Gasteiger partial charge in [0.15, 0.2) is 5.78 Å². The van der Waals surface area contributed by atoms with E-state index in [1.165, 1.54) is 12.1 Å². The molecule has 0 atom stereocenters. The summed E-state index contributed by atoms with van der Waals surface area (Å²) in [6, 6.07) is 6.79. The second kappa shape index (κ2) is 8.57. The Morgan fingerprint density at radius 1 is 0.700 bits per heavy atom. The maximum atomic E-state index is 13.2. The molecule has 0 aliphatic heterocycles. The lowest BCUT2D eigenvalue weighted by molar-refractivity contribution is -0.275. The number of hydrogen-bond acceptors (Lipinski definition) is 3. The molecule has 30 heavy (non-hydrogen) atoms. The first kappa shape index (κ1) is 23.6. The molecule has 0 saturated carbocycles. The Balaban J connectivity index is 2.51. The molecular formula is C21H20F6O3. The quantitative estimate of drug-likeness (QED) is 0.364. The van der Waals surface area contributed by atoms with Crippen LogP contribution in [0.2, 0.25) is 0 Å². The minimum absolute atomic E-state index is 0.144. The van der Waals surface area contributed by atoms with Crippen molar-refractivity contribution in [3.63, 3.8) is 0 Å². The molecule has 0 N–H and O–H groups in total. The predicted molar refractivity (Wildman–Crippen MR) is 97.9 cm³/mol. The van der Waals surface area contributed by atoms with E-state index in [4.69, 9.17) is 0 Å². The molecule has 0 heterocycles. The standard InChI is InChI=1S/C21H20F6O3/c1-11(2)17-9-13(29-20(22,23)24)5-7-15(17)19(28)16-8-6-14(30-21(25,26)27)10-18(16)12(3)4/h5-12H,1-4H3. The Kier molecular flexibility index (Phi) is 6.73. The Labute approximate surface area is 169 Å². The molecule has 3 nitrogen and oxygen atoms in total. The Morgan fingerprint density at radius 3 is 1.30 bits per heavy atom. The van der Waals surface area contributed by atoms with Crippen molar-refractivity contribution in [3.05, 3.63) is 58.7 Å². The lowest BCUT2D eigenvalue weighted by Gasteiger charge is -2.18. The van der Waals surface area contributed by atoms with E-state index >= 15 is 0 Å². The first-order valence-electron chi connectivity index (χ1n) is 9.02. The van der Waals surface area contributed by atoms with Gasteiger partial charge in [0.25, 0.3) is 0 Å². The van der Waals surface area contributed by atoms with Gasteiger partial charge in [-0.05, 0) is 59.4 Å². The molecule has 0 aliphatic rings. The maximum absolute atomic E-state index is 13.2. The van der Waals surface area contributed by atoms with E-state index in [-0.39, 0.29) is 23.0 Å². The number of ketones is 1. The van der Waals surface area contributed by atoms with Crippen molar-refractivity contribution < 1.29 is 40.6 Å². The van der Waals surface area contributed by atoms with E-state index in [0.717, 1.165) is 24.3 Å². The number of benzene rings is 2. The summed E-state index contributed by atoms with van der Waals surface area (Å²) in [6.07, 6.45) is -9.75. The molecule has 0 bridgehead atoms. The number of alkyl halides is 6. The van der Waals surface area contributed by atoms with Crippen LogP contribution in [0, 0.1) is 0 Å². The SMILES string of the molecule is CC(C)c1cc(OC(F)(F)F)ccc1C(=O)c1ccc(OC(F)(F)F)cc1C(C)C. The van der Waals surface area contributed by atoms with Crippen molar-refractivity contribution in [2.75, 3.05) is 0 Å². The number of rotatable bonds is 6. The maximum Gasteiger partial charge on any atom is 0.573 e. The molecule has 2 aromatic rings. The topological polar surface area (TPSA) is 35.5 Å². The van der Waals surface area contributed by atoms with Crippen LogP contribution in [0.4, 0.5) is 26.3 Å². The minimum Gasteiger partial charge on any atom is -0.406 e. The third-order valence-electron chi connectivity index (χ3n) is 4.25. The number of carbonyl (C=O) groups is 1. The van der Waals surface area contributed by atoms with Gasteiger partial charge in [-0.3, -0.25) is 4.79 Å². The van der Waals surface area contributed by atoms with Crippen molar-refractivity contribution in [3.8, 4) is 11.5 Å². The normalized spacial score (nSPS) is 12.4. The summed E-state index contributed by atoms with van der Waals surface area (Å²) in [5, 5.41) is 0. The van der Waals surface area contributed by atoms with E-state index in [2.05, 4.69) is 9.47 Å². The summed E-state index contributed by atoms with van der Waals surface area (Å²) in [5.74, 6) is -2.05. The first-order chi connectivity index (χ1) is 13.7. The molecular weight excluding hydrogens is 414 g/mol. The molecule has 0 unspecified atom stereocenters. The van der Waals surface area contributed by atoms with Gasteiger partial charge >= 0.3 is 12.7 Å². The van der Waals surface area contributed by atoms with Crippen molar-refractivity contribution in [1.29, 1.82) is 0 Å². The average molecular weight is 434 g/mol. The third kappa shape index (κ3) is 6.14. The third-order valence-corrected chi connectivity index (χ3v) is 4.25. The fourth-order valence-corrected chi connectivity index (χ4v) is 2.99. The van der Waals surface area contributed by atoms with Crippen molar-refractivity contribution in [1.82, 2.24) is 0 Å². The highest BCUT2D eigenvalue weighted by Crippen LogP contribution is 2.33. The Hall–Kier alpha value is -2.71. The highest BCUT2D eigenvalue weighted by Gasteiger charge is 2.33. The molecule has 0 aliphatic carbocycles. The highest BCUT2D eigenvalue weighted by atomic mass is 19.4. The molecule has 0 radical (unpaired) electrons. The van der Waals surface area contributed by atoms with Gasteiger partial charge < -0.3 is 9.47 Å². The molecule has 0 amide bonds. The van der Waals surface area contributed by atoms with Gasteiger partial charge in [-0.25, -0.2) is 0 Å². The van der Waals surface area contributed by atoms with Crippen molar-refractivity contribution >= 4 is 5.78 Å². The molecule has 2 aromatic carbocycles. The predicted octanol–water partition coefficient (Wildman–Crippen LogP) is 6.96. The summed E-state index contributed by atoms with van der Waals surface area (Å²) in [5.41, 5.74) is 0.941. The fraction of sp³-hybridized carbons (Fsp3) is 0.381. The molecule has 2 rings (SSSR count). The largest absolute Gasteiger partial charge is 0.573 e. The molecule has 0 spiro atoms. The summed E-state index contributed by atoms with van der Waals surface area (Å²) in [4.78, 5) is 13.2. The Bertz CT molecular complexity index is 840. The van der Waals surface area contributed by atoms with E-state index < -0.39 is 30.0 Å². The van der Waals surface area contributed by atoms with Crippen LogP contribution in [0.25, 0.3) is 0 Å². The van der Waals surface area contributed by atoms with Crippen LogP contribution in [0.3, 0.4) is 0 Å².